The Hall–Kier alpha value is -2.84. The van der Waals surface area contributed by atoms with Crippen molar-refractivity contribution in [2.45, 2.75) is 17.8 Å². The van der Waals surface area contributed by atoms with Gasteiger partial charge in [-0.2, -0.15) is 0 Å². The monoisotopic (exact) mass is 437 g/mol. The molecule has 3 aromatic rings. The zero-order valence-corrected chi connectivity index (χ0v) is 18.5. The maximum absolute atomic E-state index is 12.8. The summed E-state index contributed by atoms with van der Waals surface area (Å²) in [6, 6.07) is 15.8. The Morgan fingerprint density at radius 2 is 1.81 bits per heavy atom. The third kappa shape index (κ3) is 5.45. The number of likely N-dealkylation sites (N-methyl/N-ethyl adjacent to an activating group) is 1. The number of fused-ring (bicyclic) bond motifs is 1. The minimum absolute atomic E-state index is 0.0402. The normalized spacial score (nSPS) is 14.7. The molecule has 1 aliphatic heterocycles. The van der Waals surface area contributed by atoms with E-state index >= 15 is 0 Å². The van der Waals surface area contributed by atoms with Crippen LogP contribution in [-0.4, -0.2) is 70.9 Å². The Labute approximate surface area is 186 Å². The van der Waals surface area contributed by atoms with Crippen LogP contribution in [0.1, 0.15) is 22.8 Å². The van der Waals surface area contributed by atoms with Crippen LogP contribution in [0.4, 0.5) is 0 Å². The average Bonchev–Trinajstić information content (AvgIpc) is 3.21. The van der Waals surface area contributed by atoms with E-state index in [2.05, 4.69) is 20.2 Å². The Bertz CT molecular complexity index is 1010. The van der Waals surface area contributed by atoms with Crippen LogP contribution in [0.15, 0.2) is 53.7 Å². The largest absolute Gasteiger partial charge is 0.355 e. The number of imidazole rings is 1. The first-order valence-electron chi connectivity index (χ1n) is 10.6. The van der Waals surface area contributed by atoms with E-state index in [-0.39, 0.29) is 11.8 Å². The fraction of sp³-hybridized carbons (Fsp3) is 0.348. The van der Waals surface area contributed by atoms with E-state index in [9.17, 15) is 9.59 Å². The molecular formula is C23H27N5O2S. The lowest BCUT2D eigenvalue weighted by Gasteiger charge is -2.34. The number of H-pyrrole nitrogens is 1. The van der Waals surface area contributed by atoms with Gasteiger partial charge in [0, 0.05) is 44.0 Å². The number of nitrogens with one attached hydrogen (secondary N) is 2. The first-order valence-corrected chi connectivity index (χ1v) is 11.6. The second-order valence-corrected chi connectivity index (χ2v) is 8.53. The van der Waals surface area contributed by atoms with Gasteiger partial charge in [-0.1, -0.05) is 36.0 Å². The lowest BCUT2D eigenvalue weighted by Crippen LogP contribution is -2.51. The van der Waals surface area contributed by atoms with Crippen molar-refractivity contribution >= 4 is 34.6 Å². The Morgan fingerprint density at radius 3 is 2.52 bits per heavy atom. The molecule has 2 amide bonds. The van der Waals surface area contributed by atoms with Gasteiger partial charge in [-0.05, 0) is 36.8 Å². The van der Waals surface area contributed by atoms with Crippen LogP contribution in [0.2, 0.25) is 0 Å². The summed E-state index contributed by atoms with van der Waals surface area (Å²) in [6.07, 6.45) is 0. The fourth-order valence-corrected chi connectivity index (χ4v) is 4.48. The second kappa shape index (κ2) is 9.98. The first-order chi connectivity index (χ1) is 15.1. The number of piperazine rings is 1. The summed E-state index contributed by atoms with van der Waals surface area (Å²) in [4.78, 5) is 36.4. The third-order valence-corrected chi connectivity index (χ3v) is 6.29. The molecule has 0 atom stereocenters. The first kappa shape index (κ1) is 21.4. The van der Waals surface area contributed by atoms with Gasteiger partial charge in [-0.25, -0.2) is 4.98 Å². The minimum Gasteiger partial charge on any atom is -0.355 e. The number of benzene rings is 2. The minimum atomic E-state index is 0.0402. The lowest BCUT2D eigenvalue weighted by molar-refractivity contribution is -0.122. The van der Waals surface area contributed by atoms with E-state index in [0.717, 1.165) is 40.6 Å². The molecule has 31 heavy (non-hydrogen) atoms. The summed E-state index contributed by atoms with van der Waals surface area (Å²) >= 11 is 1.65. The molecule has 0 spiro atoms. The van der Waals surface area contributed by atoms with Crippen molar-refractivity contribution in [3.8, 4) is 0 Å². The molecule has 162 valence electrons. The molecule has 0 unspecified atom stereocenters. The van der Waals surface area contributed by atoms with Crippen LogP contribution in [0.5, 0.6) is 0 Å². The molecule has 1 saturated heterocycles. The van der Waals surface area contributed by atoms with Crippen molar-refractivity contribution in [2.24, 2.45) is 0 Å². The van der Waals surface area contributed by atoms with Gasteiger partial charge in [0.1, 0.15) is 0 Å². The van der Waals surface area contributed by atoms with Crippen molar-refractivity contribution in [3.63, 3.8) is 0 Å². The van der Waals surface area contributed by atoms with Crippen molar-refractivity contribution < 1.29 is 9.59 Å². The summed E-state index contributed by atoms with van der Waals surface area (Å²) < 4.78 is 0. The van der Waals surface area contributed by atoms with Crippen LogP contribution < -0.4 is 5.32 Å². The highest BCUT2D eigenvalue weighted by molar-refractivity contribution is 7.98. The predicted octanol–water partition coefficient (Wildman–Crippen LogP) is 2.75. The van der Waals surface area contributed by atoms with Crippen LogP contribution in [0.3, 0.4) is 0 Å². The van der Waals surface area contributed by atoms with Gasteiger partial charge >= 0.3 is 0 Å². The van der Waals surface area contributed by atoms with E-state index < -0.39 is 0 Å². The molecule has 0 bridgehead atoms. The Morgan fingerprint density at radius 1 is 1.06 bits per heavy atom. The molecular weight excluding hydrogens is 410 g/mol. The van der Waals surface area contributed by atoms with Gasteiger partial charge in [0.05, 0.1) is 17.6 Å². The van der Waals surface area contributed by atoms with E-state index in [1.165, 1.54) is 0 Å². The number of hydrogen-bond acceptors (Lipinski definition) is 5. The van der Waals surface area contributed by atoms with Crippen molar-refractivity contribution in [1.29, 1.82) is 0 Å². The van der Waals surface area contributed by atoms with Gasteiger partial charge in [0.2, 0.25) is 5.91 Å². The van der Waals surface area contributed by atoms with Crippen LogP contribution in [0.25, 0.3) is 11.0 Å². The summed E-state index contributed by atoms with van der Waals surface area (Å²) in [5.74, 6) is 0.875. The maximum Gasteiger partial charge on any atom is 0.253 e. The summed E-state index contributed by atoms with van der Waals surface area (Å²) in [5, 5.41) is 3.71. The van der Waals surface area contributed by atoms with E-state index in [0.29, 0.717) is 31.7 Å². The number of rotatable bonds is 7. The topological polar surface area (TPSA) is 81.3 Å². The Balaban J connectivity index is 1.27. The van der Waals surface area contributed by atoms with E-state index in [4.69, 9.17) is 0 Å². The molecule has 4 rings (SSSR count). The molecule has 2 N–H and O–H groups in total. The summed E-state index contributed by atoms with van der Waals surface area (Å²) in [6.45, 7) is 5.67. The van der Waals surface area contributed by atoms with Crippen LogP contribution in [-0.2, 0) is 10.5 Å². The molecule has 2 aromatic carbocycles. The quantitative estimate of drug-likeness (QED) is 0.556. The number of aromatic amines is 1. The van der Waals surface area contributed by atoms with Gasteiger partial charge in [0.25, 0.3) is 5.91 Å². The number of carbonyl (C=O) groups excluding carboxylic acids is 2. The predicted molar refractivity (Wildman–Crippen MR) is 123 cm³/mol. The van der Waals surface area contributed by atoms with Gasteiger partial charge in [-0.3, -0.25) is 14.5 Å². The highest BCUT2D eigenvalue weighted by Gasteiger charge is 2.23. The number of nitrogens with zero attached hydrogens (tertiary/aromatic N) is 3. The smallest absolute Gasteiger partial charge is 0.253 e. The zero-order chi connectivity index (χ0) is 21.6. The van der Waals surface area contributed by atoms with E-state index in [1.54, 1.807) is 11.8 Å². The third-order valence-electron chi connectivity index (χ3n) is 5.34. The number of para-hydroxylation sites is 2. The molecule has 0 saturated carbocycles. The summed E-state index contributed by atoms with van der Waals surface area (Å²) in [7, 11) is 0. The molecule has 0 aliphatic carbocycles. The van der Waals surface area contributed by atoms with Crippen LogP contribution >= 0.6 is 11.8 Å². The molecule has 7 nitrogen and oxygen atoms in total. The zero-order valence-electron chi connectivity index (χ0n) is 17.6. The fourth-order valence-electron chi connectivity index (χ4n) is 3.64. The highest BCUT2D eigenvalue weighted by atomic mass is 32.2. The van der Waals surface area contributed by atoms with Crippen LogP contribution in [0, 0.1) is 0 Å². The maximum atomic E-state index is 12.8. The van der Waals surface area contributed by atoms with Gasteiger partial charge in [0.15, 0.2) is 5.16 Å². The highest BCUT2D eigenvalue weighted by Crippen LogP contribution is 2.23. The van der Waals surface area contributed by atoms with Crippen molar-refractivity contribution in [2.75, 3.05) is 39.3 Å². The lowest BCUT2D eigenvalue weighted by atomic mass is 10.1. The van der Waals surface area contributed by atoms with Gasteiger partial charge in [-0.15, -0.1) is 0 Å². The molecule has 1 aromatic heterocycles. The molecule has 0 radical (unpaired) electrons. The van der Waals surface area contributed by atoms with E-state index in [1.807, 2.05) is 60.4 Å². The number of aromatic nitrogens is 2. The number of hydrogen-bond donors (Lipinski definition) is 2. The molecule has 2 heterocycles. The average molecular weight is 438 g/mol. The molecule has 1 aliphatic rings. The molecule has 8 heteroatoms. The summed E-state index contributed by atoms with van der Waals surface area (Å²) in [5.41, 5.74) is 3.86. The van der Waals surface area contributed by atoms with Crippen molar-refractivity contribution in [1.82, 2.24) is 25.1 Å². The number of amides is 2. The standard InChI is InChI=1S/C23H27N5O2S/c1-2-24-21(29)15-27-11-13-28(14-12-27)22(30)18-9-7-17(8-10-18)16-31-23-25-19-5-3-4-6-20(19)26-23/h3-10H,2,11-16H2,1H3,(H,24,29)(H,25,26). The number of thioether (sulfide) groups is 1. The Kier molecular flexibility index (Phi) is 6.89. The second-order valence-electron chi connectivity index (χ2n) is 7.57. The van der Waals surface area contributed by atoms with Gasteiger partial charge < -0.3 is 15.2 Å². The number of carbonyl (C=O) groups is 2. The SMILES string of the molecule is CCNC(=O)CN1CCN(C(=O)c2ccc(CSc3nc4ccccc4[nH]3)cc2)CC1. The molecule has 1 fully saturated rings. The van der Waals surface area contributed by atoms with Crippen molar-refractivity contribution in [3.05, 3.63) is 59.7 Å².